The highest BCUT2D eigenvalue weighted by Crippen LogP contribution is 2.39. The van der Waals surface area contributed by atoms with Crippen molar-refractivity contribution in [3.05, 3.63) is 92.8 Å². The molecule has 9 heteroatoms. The molecule has 0 aliphatic rings. The van der Waals surface area contributed by atoms with Gasteiger partial charge in [0.05, 0.1) is 10.9 Å². The van der Waals surface area contributed by atoms with Crippen molar-refractivity contribution < 1.29 is 27.1 Å². The second-order valence-electron chi connectivity index (χ2n) is 7.86. The maximum absolute atomic E-state index is 13.8. The Balaban J connectivity index is 1.66. The monoisotopic (exact) mass is 501 g/mol. The molecule has 0 saturated heterocycles. The van der Waals surface area contributed by atoms with Gasteiger partial charge in [-0.1, -0.05) is 41.9 Å². The van der Waals surface area contributed by atoms with E-state index in [0.29, 0.717) is 5.69 Å². The maximum atomic E-state index is 13.8. The van der Waals surface area contributed by atoms with Crippen LogP contribution in [-0.4, -0.2) is 12.5 Å². The van der Waals surface area contributed by atoms with Gasteiger partial charge in [0, 0.05) is 22.3 Å². The zero-order valence-electron chi connectivity index (χ0n) is 18.6. The number of nitrogens with one attached hydrogen (secondary N) is 1. The molecule has 0 unspecified atom stereocenters. The van der Waals surface area contributed by atoms with E-state index in [4.69, 9.17) is 20.8 Å². The van der Waals surface area contributed by atoms with Gasteiger partial charge in [-0.2, -0.15) is 13.2 Å². The van der Waals surface area contributed by atoms with Gasteiger partial charge in [-0.15, -0.1) is 0 Å². The molecule has 0 saturated carbocycles. The summed E-state index contributed by atoms with van der Waals surface area (Å²) < 4.78 is 52.1. The van der Waals surface area contributed by atoms with Crippen LogP contribution in [0.4, 0.5) is 18.9 Å². The summed E-state index contributed by atoms with van der Waals surface area (Å²) in [4.78, 5) is 25.4. The van der Waals surface area contributed by atoms with Crippen LogP contribution < -0.4 is 15.5 Å². The van der Waals surface area contributed by atoms with Crippen molar-refractivity contribution in [2.75, 3.05) is 11.9 Å². The quantitative estimate of drug-likeness (QED) is 0.328. The lowest BCUT2D eigenvalue weighted by Gasteiger charge is -2.14. The molecule has 180 valence electrons. The topological polar surface area (TPSA) is 68.5 Å². The van der Waals surface area contributed by atoms with Gasteiger partial charge in [0.1, 0.15) is 11.3 Å². The normalized spacial score (nSPS) is 11.5. The van der Waals surface area contributed by atoms with E-state index in [1.54, 1.807) is 18.2 Å². The molecule has 0 spiro atoms. The van der Waals surface area contributed by atoms with E-state index in [-0.39, 0.29) is 27.3 Å². The molecule has 35 heavy (non-hydrogen) atoms. The number of anilines is 1. The molecule has 0 radical (unpaired) electrons. The second-order valence-corrected chi connectivity index (χ2v) is 8.26. The highest BCUT2D eigenvalue weighted by atomic mass is 35.5. The average molecular weight is 502 g/mol. The number of amides is 1. The molecular formula is C26H19ClF3NO4. The summed E-state index contributed by atoms with van der Waals surface area (Å²) in [6, 6.07) is 15.0. The number of alkyl halides is 3. The van der Waals surface area contributed by atoms with Crippen LogP contribution >= 0.6 is 11.6 Å². The first-order valence-electron chi connectivity index (χ1n) is 10.5. The van der Waals surface area contributed by atoms with Crippen molar-refractivity contribution >= 4 is 34.2 Å². The van der Waals surface area contributed by atoms with Crippen molar-refractivity contribution in [2.24, 2.45) is 0 Å². The SMILES string of the molecule is Cc1cccc(NC(=O)COc2ccc3c(=O)c(-c4ccccc4Cl)c(C(F)(F)F)oc3c2)c1C. The molecule has 1 heterocycles. The van der Waals surface area contributed by atoms with E-state index in [9.17, 15) is 22.8 Å². The third-order valence-corrected chi connectivity index (χ3v) is 5.84. The molecule has 0 aliphatic carbocycles. The van der Waals surface area contributed by atoms with E-state index in [0.717, 1.165) is 17.2 Å². The van der Waals surface area contributed by atoms with Crippen molar-refractivity contribution in [1.29, 1.82) is 0 Å². The first kappa shape index (κ1) is 24.3. The number of benzene rings is 3. The maximum Gasteiger partial charge on any atom is 0.450 e. The Kier molecular flexibility index (Phi) is 6.58. The Morgan fingerprint density at radius 1 is 1.06 bits per heavy atom. The van der Waals surface area contributed by atoms with Crippen molar-refractivity contribution in [3.8, 4) is 16.9 Å². The standard InChI is InChI=1S/C26H19ClF3NO4/c1-14-6-5-9-20(15(14)2)31-22(32)13-34-16-10-11-18-21(12-16)35-25(26(28,29)30)23(24(18)33)17-7-3-4-8-19(17)27/h3-12H,13H2,1-2H3,(H,31,32). The van der Waals surface area contributed by atoms with E-state index in [2.05, 4.69) is 5.32 Å². The summed E-state index contributed by atoms with van der Waals surface area (Å²) in [5.74, 6) is -1.85. The van der Waals surface area contributed by atoms with Gasteiger partial charge in [-0.05, 0) is 49.2 Å². The molecule has 3 aromatic carbocycles. The van der Waals surface area contributed by atoms with Crippen molar-refractivity contribution in [1.82, 2.24) is 0 Å². The minimum atomic E-state index is -4.95. The lowest BCUT2D eigenvalue weighted by Crippen LogP contribution is -2.21. The highest BCUT2D eigenvalue weighted by molar-refractivity contribution is 6.33. The summed E-state index contributed by atoms with van der Waals surface area (Å²) in [5.41, 5.74) is 0.575. The molecule has 0 atom stereocenters. The molecule has 1 amide bonds. The van der Waals surface area contributed by atoms with Crippen LogP contribution in [0.25, 0.3) is 22.1 Å². The van der Waals surface area contributed by atoms with Crippen LogP contribution in [-0.2, 0) is 11.0 Å². The number of fused-ring (bicyclic) bond motifs is 1. The van der Waals surface area contributed by atoms with Gasteiger partial charge >= 0.3 is 6.18 Å². The Labute approximate surface area is 203 Å². The first-order valence-corrected chi connectivity index (χ1v) is 10.9. The molecular weight excluding hydrogens is 483 g/mol. The number of carbonyl (C=O) groups is 1. The zero-order valence-corrected chi connectivity index (χ0v) is 19.4. The fourth-order valence-corrected chi connectivity index (χ4v) is 3.82. The third-order valence-electron chi connectivity index (χ3n) is 5.51. The minimum Gasteiger partial charge on any atom is -0.484 e. The number of halogens is 4. The highest BCUT2D eigenvalue weighted by Gasteiger charge is 2.39. The van der Waals surface area contributed by atoms with Crippen LogP contribution in [0.3, 0.4) is 0 Å². The van der Waals surface area contributed by atoms with Gasteiger partial charge < -0.3 is 14.5 Å². The third kappa shape index (κ3) is 5.02. The number of carbonyl (C=O) groups excluding carboxylic acids is 1. The predicted molar refractivity (Wildman–Crippen MR) is 128 cm³/mol. The van der Waals surface area contributed by atoms with Gasteiger partial charge in [-0.3, -0.25) is 9.59 Å². The Morgan fingerprint density at radius 2 is 1.80 bits per heavy atom. The van der Waals surface area contributed by atoms with Crippen molar-refractivity contribution in [3.63, 3.8) is 0 Å². The fourth-order valence-electron chi connectivity index (χ4n) is 3.59. The van der Waals surface area contributed by atoms with Crippen LogP contribution in [0.5, 0.6) is 5.75 Å². The number of ether oxygens (including phenoxy) is 1. The Hall–Kier alpha value is -3.78. The Bertz CT molecular complexity index is 1490. The largest absolute Gasteiger partial charge is 0.484 e. The number of hydrogen-bond acceptors (Lipinski definition) is 4. The molecule has 4 aromatic rings. The predicted octanol–water partition coefficient (Wildman–Crippen LogP) is 6.77. The van der Waals surface area contributed by atoms with Crippen LogP contribution in [0, 0.1) is 13.8 Å². The molecule has 1 N–H and O–H groups in total. The lowest BCUT2D eigenvalue weighted by atomic mass is 10.0. The second kappa shape index (κ2) is 9.46. The van der Waals surface area contributed by atoms with Crippen LogP contribution in [0.1, 0.15) is 16.9 Å². The van der Waals surface area contributed by atoms with Crippen LogP contribution in [0.15, 0.2) is 69.9 Å². The summed E-state index contributed by atoms with van der Waals surface area (Å²) in [6.45, 7) is 3.38. The van der Waals surface area contributed by atoms with Gasteiger partial charge in [-0.25, -0.2) is 0 Å². The molecule has 0 aliphatic heterocycles. The summed E-state index contributed by atoms with van der Waals surface area (Å²) >= 11 is 6.07. The summed E-state index contributed by atoms with van der Waals surface area (Å²) in [5, 5.41) is 2.63. The number of aryl methyl sites for hydroxylation is 1. The van der Waals surface area contributed by atoms with E-state index in [1.165, 1.54) is 30.3 Å². The Morgan fingerprint density at radius 3 is 2.51 bits per heavy atom. The average Bonchev–Trinajstić information content (AvgIpc) is 2.80. The fraction of sp³-hybridized carbons (Fsp3) is 0.154. The van der Waals surface area contributed by atoms with Crippen LogP contribution in [0.2, 0.25) is 5.02 Å². The molecule has 0 bridgehead atoms. The molecule has 0 fully saturated rings. The van der Waals surface area contributed by atoms with E-state index < -0.39 is 35.4 Å². The molecule has 1 aromatic heterocycles. The van der Waals surface area contributed by atoms with Gasteiger partial charge in [0.25, 0.3) is 5.91 Å². The number of rotatable bonds is 5. The molecule has 5 nitrogen and oxygen atoms in total. The van der Waals surface area contributed by atoms with E-state index >= 15 is 0 Å². The van der Waals surface area contributed by atoms with E-state index in [1.807, 2.05) is 19.9 Å². The first-order chi connectivity index (χ1) is 16.6. The summed E-state index contributed by atoms with van der Waals surface area (Å²) in [6.07, 6.45) is -4.95. The van der Waals surface area contributed by atoms with Gasteiger partial charge in [0.15, 0.2) is 6.61 Å². The lowest BCUT2D eigenvalue weighted by molar-refractivity contribution is -0.152. The minimum absolute atomic E-state index is 0.0144. The summed E-state index contributed by atoms with van der Waals surface area (Å²) in [7, 11) is 0. The molecule has 4 rings (SSSR count). The zero-order chi connectivity index (χ0) is 25.3. The smallest absolute Gasteiger partial charge is 0.450 e. The van der Waals surface area contributed by atoms with Gasteiger partial charge in [0.2, 0.25) is 11.2 Å². The number of hydrogen-bond donors (Lipinski definition) is 1. The van der Waals surface area contributed by atoms with Crippen molar-refractivity contribution in [2.45, 2.75) is 20.0 Å².